The Bertz CT molecular complexity index is 3380. The smallest absolute Gasteiger partial charge is 0.135 e. The van der Waals surface area contributed by atoms with Gasteiger partial charge in [0.2, 0.25) is 0 Å². The fraction of sp³-hybridized carbons (Fsp3) is 0.0714. The summed E-state index contributed by atoms with van der Waals surface area (Å²) in [5, 5.41) is 4.67. The highest BCUT2D eigenvalue weighted by atomic mass is 16.5. The van der Waals surface area contributed by atoms with Crippen LogP contribution in [0.3, 0.4) is 0 Å². The number of fused-ring (bicyclic) bond motifs is 16. The lowest BCUT2D eigenvalue weighted by molar-refractivity contribution is 0.436. The van der Waals surface area contributed by atoms with Gasteiger partial charge in [-0.2, -0.15) is 0 Å². The molecule has 0 amide bonds. The monoisotopic (exact) mass is 755 g/mol. The summed E-state index contributed by atoms with van der Waals surface area (Å²) in [6, 6.07) is 68.9. The molecule has 1 spiro atoms. The lowest BCUT2D eigenvalue weighted by Crippen LogP contribution is -2.32. The van der Waals surface area contributed by atoms with Gasteiger partial charge in [-0.25, -0.2) is 0 Å². The molecule has 3 nitrogen and oxygen atoms in total. The van der Waals surface area contributed by atoms with Crippen molar-refractivity contribution in [2.24, 2.45) is 0 Å². The van der Waals surface area contributed by atoms with Crippen LogP contribution in [0.5, 0.6) is 11.5 Å². The van der Waals surface area contributed by atoms with Gasteiger partial charge in [-0.05, 0) is 128 Å². The maximum Gasteiger partial charge on any atom is 0.135 e. The highest BCUT2D eigenvalue weighted by molar-refractivity contribution is 6.07. The average Bonchev–Trinajstić information content (AvgIpc) is 3.86. The van der Waals surface area contributed by atoms with Crippen LogP contribution in [0.2, 0.25) is 0 Å². The number of nitrogens with zero attached hydrogens (tertiary/aromatic N) is 1. The molecule has 0 atom stereocenters. The Labute approximate surface area is 342 Å². The third kappa shape index (κ3) is 4.31. The first-order chi connectivity index (χ1) is 29.0. The van der Waals surface area contributed by atoms with Crippen LogP contribution in [0.25, 0.3) is 55.0 Å². The molecule has 2 aliphatic carbocycles. The molecule has 59 heavy (non-hydrogen) atoms. The Balaban J connectivity index is 1.11. The van der Waals surface area contributed by atoms with Crippen molar-refractivity contribution < 1.29 is 9.15 Å². The van der Waals surface area contributed by atoms with Crippen molar-refractivity contribution in [1.82, 2.24) is 0 Å². The zero-order valence-corrected chi connectivity index (χ0v) is 32.7. The van der Waals surface area contributed by atoms with E-state index in [1.54, 1.807) is 0 Å². The van der Waals surface area contributed by atoms with Gasteiger partial charge >= 0.3 is 0 Å². The number of ether oxygens (including phenoxy) is 1. The lowest BCUT2D eigenvalue weighted by atomic mass is 9.66. The molecule has 0 saturated heterocycles. The predicted octanol–water partition coefficient (Wildman–Crippen LogP) is 15.0. The van der Waals surface area contributed by atoms with Gasteiger partial charge in [0.15, 0.2) is 0 Å². The van der Waals surface area contributed by atoms with Crippen molar-refractivity contribution in [3.8, 4) is 33.8 Å². The van der Waals surface area contributed by atoms with Crippen molar-refractivity contribution in [1.29, 1.82) is 0 Å². The molecule has 0 bridgehead atoms. The molecule has 278 valence electrons. The molecule has 3 heteroatoms. The summed E-state index contributed by atoms with van der Waals surface area (Å²) >= 11 is 0. The maximum atomic E-state index is 6.74. The quantitative estimate of drug-likeness (QED) is 0.180. The molecular weight excluding hydrogens is 719 g/mol. The third-order valence-corrected chi connectivity index (χ3v) is 13.5. The fourth-order valence-electron chi connectivity index (χ4n) is 10.8. The zero-order chi connectivity index (χ0) is 39.0. The maximum absolute atomic E-state index is 6.74. The van der Waals surface area contributed by atoms with Crippen molar-refractivity contribution in [2.75, 3.05) is 4.90 Å². The summed E-state index contributed by atoms with van der Waals surface area (Å²) in [7, 11) is 0. The highest BCUT2D eigenvalue weighted by Gasteiger charge is 2.51. The second kappa shape index (κ2) is 11.6. The predicted molar refractivity (Wildman–Crippen MR) is 241 cm³/mol. The van der Waals surface area contributed by atoms with E-state index in [1.165, 1.54) is 55.3 Å². The van der Waals surface area contributed by atoms with Gasteiger partial charge in [0, 0.05) is 44.4 Å². The van der Waals surface area contributed by atoms with Gasteiger partial charge in [-0.1, -0.05) is 129 Å². The van der Waals surface area contributed by atoms with Crippen molar-refractivity contribution in [3.05, 3.63) is 221 Å². The van der Waals surface area contributed by atoms with Gasteiger partial charge in [-0.3, -0.25) is 0 Å². The van der Waals surface area contributed by atoms with Crippen LogP contribution in [-0.2, 0) is 10.8 Å². The third-order valence-electron chi connectivity index (χ3n) is 13.5. The van der Waals surface area contributed by atoms with E-state index >= 15 is 0 Å². The van der Waals surface area contributed by atoms with Gasteiger partial charge in [-0.15, -0.1) is 0 Å². The summed E-state index contributed by atoms with van der Waals surface area (Å²) in [5.74, 6) is 1.77. The molecule has 0 unspecified atom stereocenters. The van der Waals surface area contributed by atoms with E-state index in [9.17, 15) is 0 Å². The summed E-state index contributed by atoms with van der Waals surface area (Å²) in [5.41, 5.74) is 16.9. The molecule has 0 radical (unpaired) electrons. The van der Waals surface area contributed by atoms with Crippen LogP contribution in [0.1, 0.15) is 47.2 Å². The number of hydrogen-bond donors (Lipinski definition) is 0. The minimum absolute atomic E-state index is 0.153. The average molecular weight is 756 g/mol. The van der Waals surface area contributed by atoms with Gasteiger partial charge in [0.25, 0.3) is 0 Å². The number of hydrogen-bond acceptors (Lipinski definition) is 3. The molecule has 2 heterocycles. The summed E-state index contributed by atoms with van der Waals surface area (Å²) in [6.45, 7) is 4.71. The van der Waals surface area contributed by atoms with Crippen LogP contribution in [-0.4, -0.2) is 0 Å². The van der Waals surface area contributed by atoms with Gasteiger partial charge in [0.1, 0.15) is 22.7 Å². The molecule has 1 aliphatic heterocycles. The summed E-state index contributed by atoms with van der Waals surface area (Å²) in [4.78, 5) is 2.45. The molecule has 13 rings (SSSR count). The number of para-hydroxylation sites is 3. The van der Waals surface area contributed by atoms with Crippen LogP contribution in [0.4, 0.5) is 17.1 Å². The molecule has 1 aromatic heterocycles. The lowest BCUT2D eigenvalue weighted by Gasteiger charge is -2.39. The van der Waals surface area contributed by atoms with Crippen LogP contribution >= 0.6 is 0 Å². The molecule has 3 aliphatic rings. The number of anilines is 3. The second-order valence-corrected chi connectivity index (χ2v) is 16.8. The number of benzene rings is 9. The minimum Gasteiger partial charge on any atom is -0.457 e. The zero-order valence-electron chi connectivity index (χ0n) is 32.7. The topological polar surface area (TPSA) is 25.6 Å². The summed E-state index contributed by atoms with van der Waals surface area (Å²) in [6.07, 6.45) is 0. The molecule has 0 fully saturated rings. The van der Waals surface area contributed by atoms with Crippen molar-refractivity contribution in [3.63, 3.8) is 0 Å². The van der Waals surface area contributed by atoms with E-state index in [4.69, 9.17) is 9.15 Å². The number of rotatable bonds is 3. The first-order valence-corrected chi connectivity index (χ1v) is 20.5. The molecule has 9 aromatic carbocycles. The van der Waals surface area contributed by atoms with Crippen molar-refractivity contribution in [2.45, 2.75) is 24.7 Å². The first kappa shape index (κ1) is 32.7. The fourth-order valence-corrected chi connectivity index (χ4v) is 10.8. The number of furan rings is 1. The normalized spacial score (nSPS) is 14.7. The molecule has 0 N–H and O–H groups in total. The van der Waals surface area contributed by atoms with E-state index in [0.717, 1.165) is 61.6 Å². The van der Waals surface area contributed by atoms with E-state index in [0.29, 0.717) is 0 Å². The Morgan fingerprint density at radius 3 is 1.66 bits per heavy atom. The Morgan fingerprint density at radius 1 is 0.373 bits per heavy atom. The van der Waals surface area contributed by atoms with E-state index in [2.05, 4.69) is 201 Å². The van der Waals surface area contributed by atoms with Crippen molar-refractivity contribution >= 4 is 49.8 Å². The second-order valence-electron chi connectivity index (χ2n) is 16.8. The van der Waals surface area contributed by atoms with E-state index in [1.807, 2.05) is 6.07 Å². The van der Waals surface area contributed by atoms with Crippen LogP contribution < -0.4 is 9.64 Å². The van der Waals surface area contributed by atoms with Crippen LogP contribution in [0.15, 0.2) is 192 Å². The first-order valence-electron chi connectivity index (χ1n) is 20.5. The van der Waals surface area contributed by atoms with E-state index < -0.39 is 5.41 Å². The Hall–Kier alpha value is -7.36. The van der Waals surface area contributed by atoms with Crippen LogP contribution in [0, 0.1) is 0 Å². The Kier molecular flexibility index (Phi) is 6.44. The standard InChI is InChI=1S/C56H37NO2/c1-55(2)45-17-7-5-15-39(45)40-26-23-37(32-48(40)55)57(36-25-28-52-44(31-36)42-16-6-10-20-51(42)58-52)38-24-27-41-43-29-34-13-3-4-14-35(34)30-49(43)56(50(41)33-38)46-18-8-11-21-53(46)59-54-22-12-9-19-47(54)56/h3-33H,1-2H3. The highest BCUT2D eigenvalue weighted by Crippen LogP contribution is 2.63. The SMILES string of the molecule is CC1(C)c2ccccc2-c2ccc(N(c3ccc4c(c3)C3(c5ccccc5Oc5ccccc53)c3cc5ccccc5cc3-4)c3ccc4oc5ccccc5c4c3)cc21. The van der Waals surface area contributed by atoms with Gasteiger partial charge in [0.05, 0.1) is 5.41 Å². The Morgan fingerprint density at radius 2 is 0.898 bits per heavy atom. The van der Waals surface area contributed by atoms with E-state index in [-0.39, 0.29) is 5.41 Å². The summed E-state index contributed by atoms with van der Waals surface area (Å²) < 4.78 is 13.1. The largest absolute Gasteiger partial charge is 0.457 e. The van der Waals surface area contributed by atoms with Gasteiger partial charge < -0.3 is 14.1 Å². The molecule has 0 saturated carbocycles. The minimum atomic E-state index is -0.617. The molecular formula is C56H37NO2. The molecule has 10 aromatic rings.